The maximum atomic E-state index is 13.3. The van der Waals surface area contributed by atoms with E-state index in [-0.39, 0.29) is 11.6 Å². The molecule has 7 heteroatoms. The van der Waals surface area contributed by atoms with Gasteiger partial charge in [0.15, 0.2) is 0 Å². The Hall–Kier alpha value is -2.47. The van der Waals surface area contributed by atoms with Gasteiger partial charge in [-0.25, -0.2) is 13.6 Å². The summed E-state index contributed by atoms with van der Waals surface area (Å²) in [7, 11) is 0. The lowest BCUT2D eigenvalue weighted by Gasteiger charge is -2.23. The molecule has 1 saturated heterocycles. The maximum Gasteiger partial charge on any atom is 0.325 e. The maximum absolute atomic E-state index is 13.3. The minimum absolute atomic E-state index is 0.0405. The quantitative estimate of drug-likeness (QED) is 0.860. The normalized spacial score (nSPS) is 20.4. The van der Waals surface area contributed by atoms with Crippen molar-refractivity contribution in [3.63, 3.8) is 0 Å². The number of halogens is 3. The molecule has 2 aromatic rings. The van der Waals surface area contributed by atoms with Gasteiger partial charge in [-0.3, -0.25) is 9.69 Å². The molecule has 0 saturated carbocycles. The average Bonchev–Trinajstić information content (AvgIpc) is 2.71. The van der Waals surface area contributed by atoms with Crippen LogP contribution in [0.5, 0.6) is 0 Å². The largest absolute Gasteiger partial charge is 0.325 e. The van der Waals surface area contributed by atoms with E-state index in [1.165, 1.54) is 37.3 Å². The first-order valence-electron chi connectivity index (χ1n) is 7.15. The Morgan fingerprint density at radius 1 is 1.12 bits per heavy atom. The zero-order chi connectivity index (χ0) is 17.5. The van der Waals surface area contributed by atoms with Crippen molar-refractivity contribution < 1.29 is 18.4 Å². The standard InChI is InChI=1S/C17H13ClF2N2O2/c1-17(13-6-5-12(20)8-14(13)18)15(23)22(16(24)21-17)9-10-3-2-4-11(19)7-10/h2-8H,9H2,1H3,(H,21,24). The van der Waals surface area contributed by atoms with Crippen molar-refractivity contribution in [1.29, 1.82) is 0 Å². The van der Waals surface area contributed by atoms with E-state index in [9.17, 15) is 18.4 Å². The molecule has 24 heavy (non-hydrogen) atoms. The molecule has 1 aliphatic heterocycles. The monoisotopic (exact) mass is 350 g/mol. The molecule has 1 fully saturated rings. The summed E-state index contributed by atoms with van der Waals surface area (Å²) in [5.41, 5.74) is -0.631. The van der Waals surface area contributed by atoms with Crippen LogP contribution in [0.3, 0.4) is 0 Å². The van der Waals surface area contributed by atoms with Crippen LogP contribution in [-0.2, 0) is 16.9 Å². The number of carbonyl (C=O) groups is 2. The van der Waals surface area contributed by atoms with E-state index in [1.54, 1.807) is 6.07 Å². The van der Waals surface area contributed by atoms with E-state index in [4.69, 9.17) is 11.6 Å². The highest BCUT2D eigenvalue weighted by Crippen LogP contribution is 2.34. The molecule has 1 heterocycles. The van der Waals surface area contributed by atoms with Gasteiger partial charge < -0.3 is 5.32 Å². The predicted molar refractivity (Wildman–Crippen MR) is 84.2 cm³/mol. The number of amides is 3. The van der Waals surface area contributed by atoms with E-state index < -0.39 is 29.1 Å². The Morgan fingerprint density at radius 2 is 1.83 bits per heavy atom. The van der Waals surface area contributed by atoms with E-state index in [2.05, 4.69) is 5.32 Å². The molecular formula is C17H13ClF2N2O2. The van der Waals surface area contributed by atoms with Gasteiger partial charge in [0.05, 0.1) is 6.54 Å². The predicted octanol–water partition coefficient (Wildman–Crippen LogP) is 3.59. The zero-order valence-corrected chi connectivity index (χ0v) is 13.4. The summed E-state index contributed by atoms with van der Waals surface area (Å²) in [6, 6.07) is 8.63. The second-order valence-corrected chi connectivity index (χ2v) is 6.11. The smallest absolute Gasteiger partial charge is 0.319 e. The minimum Gasteiger partial charge on any atom is -0.319 e. The summed E-state index contributed by atoms with van der Waals surface area (Å²) in [5, 5.41) is 2.62. The van der Waals surface area contributed by atoms with Gasteiger partial charge >= 0.3 is 6.03 Å². The van der Waals surface area contributed by atoms with Gasteiger partial charge in [-0.2, -0.15) is 0 Å². The summed E-state index contributed by atoms with van der Waals surface area (Å²) < 4.78 is 26.5. The number of urea groups is 1. The molecule has 3 rings (SSSR count). The molecule has 2 aromatic carbocycles. The number of carbonyl (C=O) groups excluding carboxylic acids is 2. The number of hydrogen-bond donors (Lipinski definition) is 1. The van der Waals surface area contributed by atoms with Crippen LogP contribution in [0.1, 0.15) is 18.1 Å². The third-order valence-electron chi connectivity index (χ3n) is 3.97. The van der Waals surface area contributed by atoms with Crippen LogP contribution in [-0.4, -0.2) is 16.8 Å². The van der Waals surface area contributed by atoms with Gasteiger partial charge in [0.2, 0.25) is 0 Å². The van der Waals surface area contributed by atoms with Crippen molar-refractivity contribution in [1.82, 2.24) is 10.2 Å². The van der Waals surface area contributed by atoms with Gasteiger partial charge in [-0.1, -0.05) is 29.8 Å². The summed E-state index contributed by atoms with van der Waals surface area (Å²) in [5.74, 6) is -1.53. The zero-order valence-electron chi connectivity index (χ0n) is 12.6. The molecule has 1 aliphatic rings. The Bertz CT molecular complexity index is 843. The first kappa shape index (κ1) is 16.4. The lowest BCUT2D eigenvalue weighted by molar-refractivity contribution is -0.131. The second kappa shape index (κ2) is 5.87. The van der Waals surface area contributed by atoms with E-state index >= 15 is 0 Å². The van der Waals surface area contributed by atoms with Crippen molar-refractivity contribution in [2.75, 3.05) is 0 Å². The first-order valence-corrected chi connectivity index (χ1v) is 7.53. The lowest BCUT2D eigenvalue weighted by Crippen LogP contribution is -2.41. The van der Waals surface area contributed by atoms with Crippen LogP contribution in [0.4, 0.5) is 13.6 Å². The SMILES string of the molecule is CC1(c2ccc(F)cc2Cl)NC(=O)N(Cc2cccc(F)c2)C1=O. The molecule has 1 N–H and O–H groups in total. The second-order valence-electron chi connectivity index (χ2n) is 5.70. The third-order valence-corrected chi connectivity index (χ3v) is 4.29. The summed E-state index contributed by atoms with van der Waals surface area (Å²) in [6.07, 6.45) is 0. The van der Waals surface area contributed by atoms with Crippen molar-refractivity contribution in [2.45, 2.75) is 19.0 Å². The first-order chi connectivity index (χ1) is 11.3. The van der Waals surface area contributed by atoms with Gasteiger partial charge in [-0.05, 0) is 36.8 Å². The van der Waals surface area contributed by atoms with Crippen LogP contribution in [0.25, 0.3) is 0 Å². The van der Waals surface area contributed by atoms with E-state index in [1.807, 2.05) is 0 Å². The highest BCUT2D eigenvalue weighted by Gasteiger charge is 2.49. The number of benzene rings is 2. The van der Waals surface area contributed by atoms with Gasteiger partial charge in [0.1, 0.15) is 17.2 Å². The van der Waals surface area contributed by atoms with Crippen LogP contribution >= 0.6 is 11.6 Å². The molecule has 3 amide bonds. The fraction of sp³-hybridized carbons (Fsp3) is 0.176. The molecule has 4 nitrogen and oxygen atoms in total. The number of imide groups is 1. The molecule has 0 aromatic heterocycles. The van der Waals surface area contributed by atoms with Crippen molar-refractivity contribution in [2.24, 2.45) is 0 Å². The topological polar surface area (TPSA) is 49.4 Å². The summed E-state index contributed by atoms with van der Waals surface area (Å²) in [4.78, 5) is 26.0. The highest BCUT2D eigenvalue weighted by molar-refractivity contribution is 6.32. The molecule has 1 atom stereocenters. The molecule has 124 valence electrons. The number of hydrogen-bond acceptors (Lipinski definition) is 2. The molecule has 0 radical (unpaired) electrons. The van der Waals surface area contributed by atoms with Crippen molar-refractivity contribution in [3.05, 3.63) is 70.2 Å². The Morgan fingerprint density at radius 3 is 2.50 bits per heavy atom. The Labute approximate surface area is 142 Å². The molecule has 1 unspecified atom stereocenters. The summed E-state index contributed by atoms with van der Waals surface area (Å²) >= 11 is 6.03. The van der Waals surface area contributed by atoms with Crippen LogP contribution in [0, 0.1) is 11.6 Å². The van der Waals surface area contributed by atoms with E-state index in [0.717, 1.165) is 11.0 Å². The number of rotatable bonds is 3. The van der Waals surface area contributed by atoms with Crippen molar-refractivity contribution in [3.8, 4) is 0 Å². The van der Waals surface area contributed by atoms with Crippen LogP contribution in [0.2, 0.25) is 5.02 Å². The average molecular weight is 351 g/mol. The fourth-order valence-electron chi connectivity index (χ4n) is 2.74. The van der Waals surface area contributed by atoms with Crippen molar-refractivity contribution >= 4 is 23.5 Å². The van der Waals surface area contributed by atoms with Gasteiger partial charge in [0, 0.05) is 10.6 Å². The Kier molecular flexibility index (Phi) is 4.01. The minimum atomic E-state index is -1.41. The molecule has 0 spiro atoms. The molecule has 0 aliphatic carbocycles. The lowest BCUT2D eigenvalue weighted by atomic mass is 9.92. The van der Waals surface area contributed by atoms with Crippen LogP contribution in [0.15, 0.2) is 42.5 Å². The highest BCUT2D eigenvalue weighted by atomic mass is 35.5. The Balaban J connectivity index is 1.93. The summed E-state index contributed by atoms with van der Waals surface area (Å²) in [6.45, 7) is 1.43. The third kappa shape index (κ3) is 2.73. The molecule has 0 bridgehead atoms. The van der Waals surface area contributed by atoms with Gasteiger partial charge in [0.25, 0.3) is 5.91 Å². The van der Waals surface area contributed by atoms with E-state index in [0.29, 0.717) is 11.1 Å². The fourth-order valence-corrected chi connectivity index (χ4v) is 3.09. The number of nitrogens with one attached hydrogen (secondary N) is 1. The number of nitrogens with zero attached hydrogens (tertiary/aromatic N) is 1. The molecular weight excluding hydrogens is 338 g/mol. The van der Waals surface area contributed by atoms with Gasteiger partial charge in [-0.15, -0.1) is 0 Å². The van der Waals surface area contributed by atoms with Crippen LogP contribution < -0.4 is 5.32 Å².